The number of nitrogens with zero attached hydrogens (tertiary/aromatic N) is 3. The van der Waals surface area contributed by atoms with Crippen molar-refractivity contribution in [2.75, 3.05) is 18.4 Å². The van der Waals surface area contributed by atoms with Crippen LogP contribution in [0.3, 0.4) is 0 Å². The summed E-state index contributed by atoms with van der Waals surface area (Å²) in [5.41, 5.74) is 2.81. The molecule has 0 spiro atoms. The molecule has 0 saturated carbocycles. The van der Waals surface area contributed by atoms with Gasteiger partial charge in [-0.15, -0.1) is 0 Å². The molecule has 7 heteroatoms. The molecule has 4 rings (SSSR count). The number of nitrogens with one attached hydrogen (secondary N) is 2. The van der Waals surface area contributed by atoms with Crippen LogP contribution in [0.15, 0.2) is 73.3 Å². The Morgan fingerprint density at radius 3 is 2.57 bits per heavy atom. The number of hydrogen-bond donors (Lipinski definition) is 2. The van der Waals surface area contributed by atoms with Gasteiger partial charge in [0.2, 0.25) is 5.91 Å². The highest BCUT2D eigenvalue weighted by atomic mass is 16.2. The lowest BCUT2D eigenvalue weighted by molar-refractivity contribution is -0.128. The highest BCUT2D eigenvalue weighted by Gasteiger charge is 2.25. The number of carbonyl (C=O) groups is 2. The molecule has 1 atom stereocenters. The first-order chi connectivity index (χ1) is 14.7. The van der Waals surface area contributed by atoms with Crippen molar-refractivity contribution < 1.29 is 9.59 Å². The topological polar surface area (TPSA) is 79.3 Å². The second kappa shape index (κ2) is 9.26. The molecular weight excluding hydrogens is 378 g/mol. The number of carbonyl (C=O) groups excluding carboxylic acids is 2. The van der Waals surface area contributed by atoms with Gasteiger partial charge in [0.25, 0.3) is 0 Å². The zero-order valence-corrected chi connectivity index (χ0v) is 16.7. The molecule has 7 nitrogen and oxygen atoms in total. The fraction of sp³-hybridized carbons (Fsp3) is 0.261. The van der Waals surface area contributed by atoms with Crippen molar-refractivity contribution in [2.24, 2.45) is 0 Å². The van der Waals surface area contributed by atoms with E-state index >= 15 is 0 Å². The lowest BCUT2D eigenvalue weighted by Gasteiger charge is -2.25. The first-order valence-corrected chi connectivity index (χ1v) is 10.1. The van der Waals surface area contributed by atoms with E-state index in [-0.39, 0.29) is 18.0 Å². The van der Waals surface area contributed by atoms with Crippen LogP contribution in [-0.2, 0) is 11.3 Å². The second-order valence-corrected chi connectivity index (χ2v) is 7.44. The number of amides is 3. The number of benzene rings is 2. The second-order valence-electron chi connectivity index (χ2n) is 7.44. The summed E-state index contributed by atoms with van der Waals surface area (Å²) in [5, 5.41) is 5.92. The fourth-order valence-electron chi connectivity index (χ4n) is 3.65. The standard InChI is InChI=1S/C23H25N5O2/c29-22-7-4-13-28(22)16-21(19-5-2-1-3-6-19)26-23(30)25-20-10-8-18(9-11-20)15-27-14-12-24-17-27/h1-3,5-6,8-12,14,17,21H,4,7,13,15-16H2,(H2,25,26,30). The van der Waals surface area contributed by atoms with Crippen molar-refractivity contribution in [1.82, 2.24) is 19.8 Å². The summed E-state index contributed by atoms with van der Waals surface area (Å²) in [7, 11) is 0. The third-order valence-corrected chi connectivity index (χ3v) is 5.22. The molecule has 1 fully saturated rings. The molecule has 1 aromatic heterocycles. The number of imidazole rings is 1. The molecule has 154 valence electrons. The van der Waals surface area contributed by atoms with Crippen molar-refractivity contribution in [3.8, 4) is 0 Å². The highest BCUT2D eigenvalue weighted by molar-refractivity contribution is 5.89. The Morgan fingerprint density at radius 2 is 1.90 bits per heavy atom. The Balaban J connectivity index is 1.39. The van der Waals surface area contributed by atoms with Gasteiger partial charge >= 0.3 is 6.03 Å². The predicted octanol–water partition coefficient (Wildman–Crippen LogP) is 3.42. The molecule has 3 aromatic rings. The van der Waals surface area contributed by atoms with Gasteiger partial charge in [-0.2, -0.15) is 0 Å². The van der Waals surface area contributed by atoms with Gasteiger partial charge in [-0.3, -0.25) is 4.79 Å². The summed E-state index contributed by atoms with van der Waals surface area (Å²) in [4.78, 5) is 30.6. The van der Waals surface area contributed by atoms with Gasteiger partial charge in [-0.1, -0.05) is 42.5 Å². The van der Waals surface area contributed by atoms with Crippen LogP contribution < -0.4 is 10.6 Å². The molecule has 3 amide bonds. The minimum absolute atomic E-state index is 0.145. The molecule has 30 heavy (non-hydrogen) atoms. The molecule has 1 saturated heterocycles. The quantitative estimate of drug-likeness (QED) is 0.634. The number of hydrogen-bond acceptors (Lipinski definition) is 3. The number of urea groups is 1. The Morgan fingerprint density at radius 1 is 1.10 bits per heavy atom. The van der Waals surface area contributed by atoms with Crippen molar-refractivity contribution in [2.45, 2.75) is 25.4 Å². The van der Waals surface area contributed by atoms with Crippen LogP contribution in [0, 0.1) is 0 Å². The van der Waals surface area contributed by atoms with E-state index in [4.69, 9.17) is 0 Å². The monoisotopic (exact) mass is 403 g/mol. The normalized spacial score (nSPS) is 14.5. The average Bonchev–Trinajstić information content (AvgIpc) is 3.41. The van der Waals surface area contributed by atoms with Gasteiger partial charge in [0.1, 0.15) is 0 Å². The molecule has 1 unspecified atom stereocenters. The summed E-state index contributed by atoms with van der Waals surface area (Å²) in [6.45, 7) is 1.94. The molecule has 0 aliphatic carbocycles. The number of likely N-dealkylation sites (tertiary alicyclic amines) is 1. The van der Waals surface area contributed by atoms with Gasteiger partial charge < -0.3 is 20.1 Å². The maximum Gasteiger partial charge on any atom is 0.319 e. The van der Waals surface area contributed by atoms with Crippen molar-refractivity contribution in [1.29, 1.82) is 0 Å². The third-order valence-electron chi connectivity index (χ3n) is 5.22. The molecule has 2 aromatic carbocycles. The fourth-order valence-corrected chi connectivity index (χ4v) is 3.65. The number of rotatable bonds is 7. The predicted molar refractivity (Wildman–Crippen MR) is 115 cm³/mol. The lowest BCUT2D eigenvalue weighted by atomic mass is 10.1. The molecule has 2 N–H and O–H groups in total. The third kappa shape index (κ3) is 5.05. The summed E-state index contributed by atoms with van der Waals surface area (Å²) >= 11 is 0. The molecule has 2 heterocycles. The molecule has 1 aliphatic rings. The maximum atomic E-state index is 12.7. The summed E-state index contributed by atoms with van der Waals surface area (Å²) < 4.78 is 1.99. The summed E-state index contributed by atoms with van der Waals surface area (Å²) in [6.07, 6.45) is 6.89. The highest BCUT2D eigenvalue weighted by Crippen LogP contribution is 2.19. The van der Waals surface area contributed by atoms with Gasteiger partial charge in [-0.05, 0) is 29.7 Å². The number of anilines is 1. The number of aromatic nitrogens is 2. The minimum atomic E-state index is -0.294. The van der Waals surface area contributed by atoms with Crippen molar-refractivity contribution >= 4 is 17.6 Å². The smallest absolute Gasteiger partial charge is 0.319 e. The molecule has 0 radical (unpaired) electrons. The van der Waals surface area contributed by atoms with Crippen LogP contribution in [0.1, 0.15) is 30.0 Å². The largest absolute Gasteiger partial charge is 0.340 e. The van der Waals surface area contributed by atoms with Crippen molar-refractivity contribution in [3.63, 3.8) is 0 Å². The summed E-state index contributed by atoms with van der Waals surface area (Å²) in [6, 6.07) is 16.9. The first-order valence-electron chi connectivity index (χ1n) is 10.1. The average molecular weight is 403 g/mol. The van der Waals surface area contributed by atoms with E-state index in [1.54, 1.807) is 12.5 Å². The van der Waals surface area contributed by atoms with E-state index in [1.165, 1.54) is 0 Å². The van der Waals surface area contributed by atoms with Crippen LogP contribution in [0.25, 0.3) is 0 Å². The van der Waals surface area contributed by atoms with Crippen LogP contribution in [-0.4, -0.2) is 39.5 Å². The zero-order chi connectivity index (χ0) is 20.8. The van der Waals surface area contributed by atoms with Gasteiger partial charge in [0.15, 0.2) is 0 Å². The zero-order valence-electron chi connectivity index (χ0n) is 16.7. The van der Waals surface area contributed by atoms with E-state index in [9.17, 15) is 9.59 Å². The Bertz CT molecular complexity index is 971. The molecule has 1 aliphatic heterocycles. The Labute approximate surface area is 175 Å². The maximum absolute atomic E-state index is 12.7. The molecular formula is C23H25N5O2. The van der Waals surface area contributed by atoms with E-state index in [0.29, 0.717) is 18.7 Å². The van der Waals surface area contributed by atoms with E-state index in [0.717, 1.165) is 30.6 Å². The van der Waals surface area contributed by atoms with Crippen LogP contribution in [0.4, 0.5) is 10.5 Å². The van der Waals surface area contributed by atoms with Gasteiger partial charge in [0, 0.05) is 44.1 Å². The van der Waals surface area contributed by atoms with Gasteiger partial charge in [-0.25, -0.2) is 9.78 Å². The van der Waals surface area contributed by atoms with Crippen LogP contribution in [0.2, 0.25) is 0 Å². The van der Waals surface area contributed by atoms with E-state index in [1.807, 2.05) is 70.3 Å². The Kier molecular flexibility index (Phi) is 6.08. The van der Waals surface area contributed by atoms with Crippen molar-refractivity contribution in [3.05, 3.63) is 84.4 Å². The molecule has 0 bridgehead atoms. The van der Waals surface area contributed by atoms with E-state index in [2.05, 4.69) is 15.6 Å². The minimum Gasteiger partial charge on any atom is -0.340 e. The van der Waals surface area contributed by atoms with Crippen LogP contribution >= 0.6 is 0 Å². The lowest BCUT2D eigenvalue weighted by Crippen LogP contribution is -2.40. The summed E-state index contributed by atoms with van der Waals surface area (Å²) in [5.74, 6) is 0.145. The first kappa shape index (κ1) is 19.7. The Hall–Kier alpha value is -3.61. The van der Waals surface area contributed by atoms with Crippen LogP contribution in [0.5, 0.6) is 0 Å². The van der Waals surface area contributed by atoms with Gasteiger partial charge in [0.05, 0.1) is 12.4 Å². The van der Waals surface area contributed by atoms with E-state index < -0.39 is 0 Å². The SMILES string of the molecule is O=C(Nc1ccc(Cn2ccnc2)cc1)NC(CN1CCCC1=O)c1ccccc1.